The number of hydrogen-bond acceptors (Lipinski definition) is 4. The monoisotopic (exact) mass is 355 g/mol. The summed E-state index contributed by atoms with van der Waals surface area (Å²) in [6.07, 6.45) is 4.97. The lowest BCUT2D eigenvalue weighted by atomic mass is 10.0. The van der Waals surface area contributed by atoms with E-state index in [-0.39, 0.29) is 5.91 Å². The van der Waals surface area contributed by atoms with Gasteiger partial charge in [0.2, 0.25) is 11.8 Å². The van der Waals surface area contributed by atoms with Gasteiger partial charge in [0.15, 0.2) is 5.82 Å². The standard InChI is InChI=1S/C21H29N3O2/c1-4-5-19-22-20(26-23-19)12-13-21(25)24(18-10-11-18)14-16-6-8-17(9-7-16)15(2)3/h6-9,15,18H,4-5,10-14H2,1-3H3. The summed E-state index contributed by atoms with van der Waals surface area (Å²) < 4.78 is 5.25. The fraction of sp³-hybridized carbons (Fsp3) is 0.571. The average molecular weight is 355 g/mol. The number of carbonyl (C=O) groups excluding carboxylic acids is 1. The van der Waals surface area contributed by atoms with Gasteiger partial charge in [-0.2, -0.15) is 4.98 Å². The molecule has 26 heavy (non-hydrogen) atoms. The summed E-state index contributed by atoms with van der Waals surface area (Å²) in [5.41, 5.74) is 2.52. The quantitative estimate of drug-likeness (QED) is 0.674. The Labute approximate surface area is 155 Å². The first-order valence-corrected chi connectivity index (χ1v) is 9.76. The third-order valence-electron chi connectivity index (χ3n) is 4.84. The number of aryl methyl sites for hydroxylation is 2. The van der Waals surface area contributed by atoms with Crippen LogP contribution in [0.2, 0.25) is 0 Å². The molecular weight excluding hydrogens is 326 g/mol. The van der Waals surface area contributed by atoms with E-state index in [1.807, 2.05) is 4.90 Å². The van der Waals surface area contributed by atoms with E-state index in [1.54, 1.807) is 0 Å². The minimum atomic E-state index is 0.177. The molecule has 1 fully saturated rings. The molecule has 1 aliphatic carbocycles. The lowest BCUT2D eigenvalue weighted by Crippen LogP contribution is -2.32. The normalized spacial score (nSPS) is 14.0. The smallest absolute Gasteiger partial charge is 0.227 e. The molecule has 1 saturated carbocycles. The summed E-state index contributed by atoms with van der Waals surface area (Å²) >= 11 is 0. The lowest BCUT2D eigenvalue weighted by molar-refractivity contribution is -0.132. The number of amides is 1. The highest BCUT2D eigenvalue weighted by Crippen LogP contribution is 2.29. The summed E-state index contributed by atoms with van der Waals surface area (Å²) in [5, 5.41) is 3.96. The molecule has 0 unspecified atom stereocenters. The zero-order chi connectivity index (χ0) is 18.5. The van der Waals surface area contributed by atoms with Crippen LogP contribution in [0.1, 0.15) is 75.2 Å². The molecule has 0 N–H and O–H groups in total. The summed E-state index contributed by atoms with van der Waals surface area (Å²) in [6, 6.07) is 9.03. The van der Waals surface area contributed by atoms with Gasteiger partial charge in [0.25, 0.3) is 0 Å². The molecule has 0 aliphatic heterocycles. The second-order valence-electron chi connectivity index (χ2n) is 7.50. The van der Waals surface area contributed by atoms with Crippen LogP contribution in [0.5, 0.6) is 0 Å². The van der Waals surface area contributed by atoms with E-state index in [2.05, 4.69) is 55.2 Å². The van der Waals surface area contributed by atoms with E-state index in [1.165, 1.54) is 11.1 Å². The summed E-state index contributed by atoms with van der Waals surface area (Å²) in [5.74, 6) is 2.01. The zero-order valence-corrected chi connectivity index (χ0v) is 16.1. The summed E-state index contributed by atoms with van der Waals surface area (Å²) in [7, 11) is 0. The van der Waals surface area contributed by atoms with Gasteiger partial charge in [0.05, 0.1) is 0 Å². The Morgan fingerprint density at radius 2 is 1.96 bits per heavy atom. The van der Waals surface area contributed by atoms with Crippen LogP contribution in [0.3, 0.4) is 0 Å². The van der Waals surface area contributed by atoms with Crippen molar-refractivity contribution in [3.05, 3.63) is 47.1 Å². The van der Waals surface area contributed by atoms with Crippen molar-refractivity contribution in [3.8, 4) is 0 Å². The van der Waals surface area contributed by atoms with E-state index in [9.17, 15) is 4.79 Å². The van der Waals surface area contributed by atoms with E-state index in [0.29, 0.717) is 37.2 Å². The van der Waals surface area contributed by atoms with Crippen LogP contribution in [0.4, 0.5) is 0 Å². The van der Waals surface area contributed by atoms with Crippen LogP contribution in [-0.2, 0) is 24.2 Å². The molecule has 0 atom stereocenters. The van der Waals surface area contributed by atoms with Gasteiger partial charge in [-0.1, -0.05) is 50.2 Å². The SMILES string of the molecule is CCCc1noc(CCC(=O)N(Cc2ccc(C(C)C)cc2)C2CC2)n1. The van der Waals surface area contributed by atoms with Gasteiger partial charge in [-0.15, -0.1) is 0 Å². The highest BCUT2D eigenvalue weighted by Gasteiger charge is 2.32. The van der Waals surface area contributed by atoms with Crippen LogP contribution >= 0.6 is 0 Å². The van der Waals surface area contributed by atoms with Crippen LogP contribution in [0.15, 0.2) is 28.8 Å². The van der Waals surface area contributed by atoms with Gasteiger partial charge in [0, 0.05) is 31.8 Å². The Hall–Kier alpha value is -2.17. The van der Waals surface area contributed by atoms with Crippen molar-refractivity contribution in [3.63, 3.8) is 0 Å². The molecule has 2 aromatic rings. The fourth-order valence-electron chi connectivity index (χ4n) is 3.09. The lowest BCUT2D eigenvalue weighted by Gasteiger charge is -2.22. The van der Waals surface area contributed by atoms with E-state index >= 15 is 0 Å². The van der Waals surface area contributed by atoms with Crippen molar-refractivity contribution in [2.45, 2.75) is 77.8 Å². The number of aromatic nitrogens is 2. The maximum atomic E-state index is 12.7. The number of carbonyl (C=O) groups is 1. The van der Waals surface area contributed by atoms with Crippen molar-refractivity contribution < 1.29 is 9.32 Å². The Balaban J connectivity index is 1.57. The van der Waals surface area contributed by atoms with Crippen LogP contribution in [0.25, 0.3) is 0 Å². The number of rotatable bonds is 9. The topological polar surface area (TPSA) is 59.2 Å². The molecule has 140 valence electrons. The van der Waals surface area contributed by atoms with E-state index in [4.69, 9.17) is 4.52 Å². The van der Waals surface area contributed by atoms with Gasteiger partial charge < -0.3 is 9.42 Å². The van der Waals surface area contributed by atoms with Crippen LogP contribution < -0.4 is 0 Å². The van der Waals surface area contributed by atoms with Crippen molar-refractivity contribution in [1.82, 2.24) is 15.0 Å². The number of benzene rings is 1. The predicted octanol–water partition coefficient (Wildman–Crippen LogP) is 4.27. The Morgan fingerprint density at radius 1 is 1.23 bits per heavy atom. The molecule has 1 aromatic carbocycles. The Morgan fingerprint density at radius 3 is 2.58 bits per heavy atom. The predicted molar refractivity (Wildman–Crippen MR) is 101 cm³/mol. The minimum absolute atomic E-state index is 0.177. The third-order valence-corrected chi connectivity index (χ3v) is 4.84. The maximum Gasteiger partial charge on any atom is 0.227 e. The fourth-order valence-corrected chi connectivity index (χ4v) is 3.09. The molecule has 1 heterocycles. The largest absolute Gasteiger partial charge is 0.339 e. The second-order valence-corrected chi connectivity index (χ2v) is 7.50. The van der Waals surface area contributed by atoms with Crippen molar-refractivity contribution >= 4 is 5.91 Å². The maximum absolute atomic E-state index is 12.7. The molecule has 1 aromatic heterocycles. The van der Waals surface area contributed by atoms with Gasteiger partial charge in [0.1, 0.15) is 0 Å². The van der Waals surface area contributed by atoms with Gasteiger partial charge in [-0.05, 0) is 36.3 Å². The zero-order valence-electron chi connectivity index (χ0n) is 16.1. The minimum Gasteiger partial charge on any atom is -0.339 e. The molecule has 1 amide bonds. The first-order valence-electron chi connectivity index (χ1n) is 9.76. The highest BCUT2D eigenvalue weighted by atomic mass is 16.5. The molecule has 0 spiro atoms. The van der Waals surface area contributed by atoms with Crippen molar-refractivity contribution in [2.75, 3.05) is 0 Å². The van der Waals surface area contributed by atoms with Gasteiger partial charge >= 0.3 is 0 Å². The average Bonchev–Trinajstić information content (AvgIpc) is 3.38. The molecule has 0 radical (unpaired) electrons. The van der Waals surface area contributed by atoms with Gasteiger partial charge in [-0.3, -0.25) is 4.79 Å². The van der Waals surface area contributed by atoms with Crippen LogP contribution in [-0.4, -0.2) is 27.0 Å². The van der Waals surface area contributed by atoms with Crippen LogP contribution in [0, 0.1) is 0 Å². The first kappa shape index (κ1) is 18.6. The Bertz CT molecular complexity index is 717. The van der Waals surface area contributed by atoms with Gasteiger partial charge in [-0.25, -0.2) is 0 Å². The first-order chi connectivity index (χ1) is 12.6. The summed E-state index contributed by atoms with van der Waals surface area (Å²) in [6.45, 7) is 7.16. The van der Waals surface area contributed by atoms with E-state index in [0.717, 1.165) is 31.5 Å². The molecule has 3 rings (SSSR count). The summed E-state index contributed by atoms with van der Waals surface area (Å²) in [4.78, 5) is 19.1. The molecule has 1 aliphatic rings. The highest BCUT2D eigenvalue weighted by molar-refractivity contribution is 5.77. The molecule has 5 heteroatoms. The number of hydrogen-bond donors (Lipinski definition) is 0. The molecule has 0 bridgehead atoms. The molecule has 0 saturated heterocycles. The molecule has 5 nitrogen and oxygen atoms in total. The number of nitrogens with zero attached hydrogens (tertiary/aromatic N) is 3. The van der Waals surface area contributed by atoms with Crippen molar-refractivity contribution in [2.24, 2.45) is 0 Å². The Kier molecular flexibility index (Phi) is 6.07. The van der Waals surface area contributed by atoms with Crippen molar-refractivity contribution in [1.29, 1.82) is 0 Å². The van der Waals surface area contributed by atoms with E-state index < -0.39 is 0 Å². The second kappa shape index (κ2) is 8.47. The molecular formula is C21H29N3O2. The third kappa shape index (κ3) is 4.93.